The summed E-state index contributed by atoms with van der Waals surface area (Å²) < 4.78 is 36.8. The van der Waals surface area contributed by atoms with Gasteiger partial charge in [0.2, 0.25) is 5.91 Å². The third-order valence-corrected chi connectivity index (χ3v) is 2.35. The Morgan fingerprint density at radius 3 is 2.11 bits per heavy atom. The van der Waals surface area contributed by atoms with E-state index < -0.39 is 36.3 Å². The standard InChI is InChI=1S/C11H12F3NO3/c12-11(13,14)7-3-1-6(2-4-7)10(18)8(16)5-9(15)17/h1-4,8,10,16,18H,5H2,(H2,15,17). The Labute approximate surface area is 101 Å². The number of hydrogen-bond acceptors (Lipinski definition) is 3. The smallest absolute Gasteiger partial charge is 0.390 e. The van der Waals surface area contributed by atoms with E-state index in [0.717, 1.165) is 24.3 Å². The Morgan fingerprint density at radius 2 is 1.72 bits per heavy atom. The molecule has 1 aromatic carbocycles. The first-order valence-corrected chi connectivity index (χ1v) is 5.03. The molecule has 0 spiro atoms. The number of aliphatic hydroxyl groups excluding tert-OH is 2. The number of nitrogens with two attached hydrogens (primary N) is 1. The van der Waals surface area contributed by atoms with E-state index in [1.807, 2.05) is 0 Å². The van der Waals surface area contributed by atoms with Gasteiger partial charge >= 0.3 is 6.18 Å². The van der Waals surface area contributed by atoms with Crippen molar-refractivity contribution >= 4 is 5.91 Å². The number of rotatable bonds is 4. The molecule has 18 heavy (non-hydrogen) atoms. The molecule has 0 aromatic heterocycles. The highest BCUT2D eigenvalue weighted by Gasteiger charge is 2.30. The summed E-state index contributed by atoms with van der Waals surface area (Å²) >= 11 is 0. The van der Waals surface area contributed by atoms with Gasteiger partial charge in [-0.3, -0.25) is 4.79 Å². The van der Waals surface area contributed by atoms with Crippen molar-refractivity contribution in [3.8, 4) is 0 Å². The molecule has 7 heteroatoms. The zero-order valence-electron chi connectivity index (χ0n) is 9.19. The molecule has 4 N–H and O–H groups in total. The van der Waals surface area contributed by atoms with Crippen molar-refractivity contribution in [1.82, 2.24) is 0 Å². The van der Waals surface area contributed by atoms with Crippen LogP contribution in [0, 0.1) is 0 Å². The number of hydrogen-bond donors (Lipinski definition) is 3. The largest absolute Gasteiger partial charge is 0.416 e. The summed E-state index contributed by atoms with van der Waals surface area (Å²) in [6.45, 7) is 0. The van der Waals surface area contributed by atoms with Crippen LogP contribution in [0.3, 0.4) is 0 Å². The highest BCUT2D eigenvalue weighted by atomic mass is 19.4. The average molecular weight is 263 g/mol. The molecule has 0 aliphatic carbocycles. The van der Waals surface area contributed by atoms with E-state index in [0.29, 0.717) is 0 Å². The Balaban J connectivity index is 2.82. The maximum Gasteiger partial charge on any atom is 0.416 e. The van der Waals surface area contributed by atoms with Crippen LogP contribution >= 0.6 is 0 Å². The number of halogens is 3. The summed E-state index contributed by atoms with van der Waals surface area (Å²) in [6, 6.07) is 3.65. The van der Waals surface area contributed by atoms with Gasteiger partial charge in [0.1, 0.15) is 6.10 Å². The van der Waals surface area contributed by atoms with Gasteiger partial charge in [-0.05, 0) is 17.7 Å². The fraction of sp³-hybridized carbons (Fsp3) is 0.364. The maximum absolute atomic E-state index is 12.3. The van der Waals surface area contributed by atoms with E-state index in [4.69, 9.17) is 5.73 Å². The van der Waals surface area contributed by atoms with Crippen LogP contribution in [0.15, 0.2) is 24.3 Å². The Kier molecular flexibility index (Phi) is 4.31. The predicted octanol–water partition coefficient (Wildman–Crippen LogP) is 0.975. The average Bonchev–Trinajstić information content (AvgIpc) is 2.26. The van der Waals surface area contributed by atoms with Gasteiger partial charge in [0.05, 0.1) is 18.1 Å². The minimum absolute atomic E-state index is 0.0803. The summed E-state index contributed by atoms with van der Waals surface area (Å²) in [5, 5.41) is 19.0. The number of aliphatic hydroxyl groups is 2. The first-order valence-electron chi connectivity index (χ1n) is 5.03. The summed E-state index contributed by atoms with van der Waals surface area (Å²) in [7, 11) is 0. The van der Waals surface area contributed by atoms with Crippen LogP contribution in [-0.4, -0.2) is 22.2 Å². The summed E-state index contributed by atoms with van der Waals surface area (Å²) in [6.07, 6.45) is -7.84. The van der Waals surface area contributed by atoms with Crippen molar-refractivity contribution in [1.29, 1.82) is 0 Å². The minimum atomic E-state index is -4.46. The number of carbonyl (C=O) groups is 1. The fourth-order valence-electron chi connectivity index (χ4n) is 1.41. The second-order valence-corrected chi connectivity index (χ2v) is 3.80. The first kappa shape index (κ1) is 14.5. The van der Waals surface area contributed by atoms with Gasteiger partial charge in [-0.2, -0.15) is 13.2 Å². The molecule has 100 valence electrons. The second kappa shape index (κ2) is 5.36. The number of carbonyl (C=O) groups excluding carboxylic acids is 1. The van der Waals surface area contributed by atoms with E-state index >= 15 is 0 Å². The third kappa shape index (κ3) is 3.71. The molecule has 1 aromatic rings. The normalized spacial score (nSPS) is 15.2. The van der Waals surface area contributed by atoms with Gasteiger partial charge < -0.3 is 15.9 Å². The molecule has 0 aliphatic heterocycles. The van der Waals surface area contributed by atoms with E-state index in [-0.39, 0.29) is 5.56 Å². The third-order valence-electron chi connectivity index (χ3n) is 2.35. The van der Waals surface area contributed by atoms with Crippen molar-refractivity contribution in [3.63, 3.8) is 0 Å². The van der Waals surface area contributed by atoms with Crippen LogP contribution in [0.2, 0.25) is 0 Å². The van der Waals surface area contributed by atoms with Crippen LogP contribution in [0.5, 0.6) is 0 Å². The Bertz CT molecular complexity index is 417. The molecule has 0 saturated carbocycles. The van der Waals surface area contributed by atoms with Gasteiger partial charge in [-0.1, -0.05) is 12.1 Å². The van der Waals surface area contributed by atoms with Crippen molar-refractivity contribution in [2.75, 3.05) is 0 Å². The summed E-state index contributed by atoms with van der Waals surface area (Å²) in [5.74, 6) is -0.812. The van der Waals surface area contributed by atoms with Gasteiger partial charge in [0.15, 0.2) is 0 Å². The summed E-state index contributed by atoms with van der Waals surface area (Å²) in [5.41, 5.74) is 4.05. The molecule has 0 heterocycles. The lowest BCUT2D eigenvalue weighted by molar-refractivity contribution is -0.137. The Morgan fingerprint density at radius 1 is 1.22 bits per heavy atom. The Hall–Kier alpha value is -1.60. The quantitative estimate of drug-likeness (QED) is 0.757. The topological polar surface area (TPSA) is 83.6 Å². The fourth-order valence-corrected chi connectivity index (χ4v) is 1.41. The number of primary amides is 1. The first-order chi connectivity index (χ1) is 8.21. The van der Waals surface area contributed by atoms with Crippen LogP contribution in [-0.2, 0) is 11.0 Å². The lowest BCUT2D eigenvalue weighted by atomic mass is 10.0. The number of amides is 1. The van der Waals surface area contributed by atoms with Crippen LogP contribution < -0.4 is 5.73 Å². The number of alkyl halides is 3. The van der Waals surface area contributed by atoms with Gasteiger partial charge in [0, 0.05) is 0 Å². The van der Waals surface area contributed by atoms with Gasteiger partial charge in [-0.15, -0.1) is 0 Å². The molecule has 0 saturated heterocycles. The van der Waals surface area contributed by atoms with Gasteiger partial charge in [0.25, 0.3) is 0 Å². The van der Waals surface area contributed by atoms with Crippen LogP contribution in [0.1, 0.15) is 23.7 Å². The second-order valence-electron chi connectivity index (χ2n) is 3.80. The molecular formula is C11H12F3NO3. The molecule has 4 nitrogen and oxygen atoms in total. The molecule has 2 unspecified atom stereocenters. The molecule has 0 bridgehead atoms. The highest BCUT2D eigenvalue weighted by Crippen LogP contribution is 2.30. The van der Waals surface area contributed by atoms with Gasteiger partial charge in [-0.25, -0.2) is 0 Å². The van der Waals surface area contributed by atoms with E-state index in [1.54, 1.807) is 0 Å². The molecule has 2 atom stereocenters. The van der Waals surface area contributed by atoms with E-state index in [9.17, 15) is 28.2 Å². The molecule has 1 amide bonds. The molecule has 0 radical (unpaired) electrons. The van der Waals surface area contributed by atoms with E-state index in [1.165, 1.54) is 0 Å². The van der Waals surface area contributed by atoms with Crippen molar-refractivity contribution in [2.45, 2.75) is 24.8 Å². The predicted molar refractivity (Wildman–Crippen MR) is 56.2 cm³/mol. The maximum atomic E-state index is 12.3. The van der Waals surface area contributed by atoms with Crippen molar-refractivity contribution in [3.05, 3.63) is 35.4 Å². The van der Waals surface area contributed by atoms with Crippen molar-refractivity contribution in [2.24, 2.45) is 5.73 Å². The number of benzene rings is 1. The lowest BCUT2D eigenvalue weighted by Crippen LogP contribution is -2.25. The molecule has 1 rings (SSSR count). The van der Waals surface area contributed by atoms with Crippen molar-refractivity contribution < 1.29 is 28.2 Å². The molecule has 0 fully saturated rings. The summed E-state index contributed by atoms with van der Waals surface area (Å²) in [4.78, 5) is 10.5. The minimum Gasteiger partial charge on any atom is -0.390 e. The monoisotopic (exact) mass is 263 g/mol. The van der Waals surface area contributed by atoms with E-state index in [2.05, 4.69) is 0 Å². The zero-order chi connectivity index (χ0) is 13.9. The lowest BCUT2D eigenvalue weighted by Gasteiger charge is -2.17. The molecular weight excluding hydrogens is 251 g/mol. The van der Waals surface area contributed by atoms with Crippen LogP contribution in [0.25, 0.3) is 0 Å². The van der Waals surface area contributed by atoms with Crippen LogP contribution in [0.4, 0.5) is 13.2 Å². The molecule has 0 aliphatic rings. The zero-order valence-corrected chi connectivity index (χ0v) is 9.19. The highest BCUT2D eigenvalue weighted by molar-refractivity contribution is 5.74. The SMILES string of the molecule is NC(=O)CC(O)C(O)c1ccc(C(F)(F)F)cc1.